The Labute approximate surface area is 150 Å². The van der Waals surface area contributed by atoms with E-state index in [-0.39, 0.29) is 17.0 Å². The fourth-order valence-electron chi connectivity index (χ4n) is 2.51. The van der Waals surface area contributed by atoms with Crippen LogP contribution in [0.1, 0.15) is 26.3 Å². The molecule has 6 nitrogen and oxygen atoms in total. The second kappa shape index (κ2) is 8.02. The summed E-state index contributed by atoms with van der Waals surface area (Å²) in [4.78, 5) is 32.6. The number of methoxy groups -OCH3 is 1. The number of pyridine rings is 2. The summed E-state index contributed by atoms with van der Waals surface area (Å²) in [5, 5.41) is 2.83. The van der Waals surface area contributed by atoms with Gasteiger partial charge in [-0.3, -0.25) is 14.8 Å². The van der Waals surface area contributed by atoms with Crippen LogP contribution in [-0.4, -0.2) is 29.0 Å². The minimum Gasteiger partial charge on any atom is -0.465 e. The first kappa shape index (κ1) is 17.3. The van der Waals surface area contributed by atoms with Crippen LogP contribution in [0.5, 0.6) is 0 Å². The van der Waals surface area contributed by atoms with Gasteiger partial charge in [-0.1, -0.05) is 12.1 Å². The van der Waals surface area contributed by atoms with Crippen molar-refractivity contribution in [1.82, 2.24) is 15.3 Å². The minimum absolute atomic E-state index is 0.236. The predicted molar refractivity (Wildman–Crippen MR) is 96.4 cm³/mol. The quantitative estimate of drug-likeness (QED) is 0.718. The molecule has 1 aromatic carbocycles. The van der Waals surface area contributed by atoms with Crippen molar-refractivity contribution >= 4 is 11.9 Å². The average molecular weight is 347 g/mol. The van der Waals surface area contributed by atoms with Crippen LogP contribution in [0.15, 0.2) is 67.1 Å². The molecule has 3 rings (SSSR count). The van der Waals surface area contributed by atoms with Crippen LogP contribution in [0.2, 0.25) is 0 Å². The third-order valence-corrected chi connectivity index (χ3v) is 3.83. The molecule has 0 bridgehead atoms. The second-order valence-electron chi connectivity index (χ2n) is 5.51. The van der Waals surface area contributed by atoms with Gasteiger partial charge in [0.05, 0.1) is 23.9 Å². The SMILES string of the molecule is COC(=O)c1ccccc1C(=O)NCc1ccnc(-c2ccncc2)c1. The van der Waals surface area contributed by atoms with Crippen LogP contribution >= 0.6 is 0 Å². The molecule has 1 N–H and O–H groups in total. The van der Waals surface area contributed by atoms with Crippen LogP contribution in [0.25, 0.3) is 11.3 Å². The van der Waals surface area contributed by atoms with E-state index >= 15 is 0 Å². The molecule has 2 heterocycles. The van der Waals surface area contributed by atoms with Crippen LogP contribution in [0.3, 0.4) is 0 Å². The molecule has 6 heteroatoms. The Morgan fingerprint density at radius 3 is 2.46 bits per heavy atom. The van der Waals surface area contributed by atoms with Crippen LogP contribution < -0.4 is 5.32 Å². The largest absolute Gasteiger partial charge is 0.465 e. The molecule has 0 fully saturated rings. The Kier molecular flexibility index (Phi) is 5.34. The first-order valence-corrected chi connectivity index (χ1v) is 8.00. The van der Waals surface area contributed by atoms with E-state index in [2.05, 4.69) is 15.3 Å². The average Bonchev–Trinajstić information content (AvgIpc) is 2.72. The highest BCUT2D eigenvalue weighted by Crippen LogP contribution is 2.17. The van der Waals surface area contributed by atoms with Crippen LogP contribution in [0, 0.1) is 0 Å². The van der Waals surface area contributed by atoms with E-state index in [0.717, 1.165) is 16.8 Å². The molecule has 0 spiro atoms. The van der Waals surface area contributed by atoms with E-state index in [9.17, 15) is 9.59 Å². The summed E-state index contributed by atoms with van der Waals surface area (Å²) in [7, 11) is 1.29. The summed E-state index contributed by atoms with van der Waals surface area (Å²) in [5.74, 6) is -0.882. The number of benzene rings is 1. The molecule has 0 saturated heterocycles. The molecule has 0 aliphatic rings. The van der Waals surface area contributed by atoms with Crippen molar-refractivity contribution in [3.05, 3.63) is 83.8 Å². The molecular formula is C20H17N3O3. The highest BCUT2D eigenvalue weighted by molar-refractivity contribution is 6.05. The third-order valence-electron chi connectivity index (χ3n) is 3.83. The number of ether oxygens (including phenoxy) is 1. The number of aromatic nitrogens is 2. The van der Waals surface area contributed by atoms with Gasteiger partial charge in [0.25, 0.3) is 5.91 Å². The van der Waals surface area contributed by atoms with E-state index in [1.54, 1.807) is 42.9 Å². The number of esters is 1. The van der Waals surface area contributed by atoms with Gasteiger partial charge in [0.1, 0.15) is 0 Å². The summed E-state index contributed by atoms with van der Waals surface area (Å²) in [6, 6.07) is 14.0. The number of hydrogen-bond acceptors (Lipinski definition) is 5. The van der Waals surface area contributed by atoms with Gasteiger partial charge >= 0.3 is 5.97 Å². The lowest BCUT2D eigenvalue weighted by Crippen LogP contribution is -2.25. The number of rotatable bonds is 5. The molecule has 1 amide bonds. The zero-order valence-electron chi connectivity index (χ0n) is 14.2. The fourth-order valence-corrected chi connectivity index (χ4v) is 2.51. The van der Waals surface area contributed by atoms with Gasteiger partial charge in [-0.05, 0) is 42.0 Å². The van der Waals surface area contributed by atoms with E-state index in [1.807, 2.05) is 24.3 Å². The van der Waals surface area contributed by atoms with Crippen LogP contribution in [-0.2, 0) is 11.3 Å². The summed E-state index contributed by atoms with van der Waals surface area (Å²) in [6.45, 7) is 0.314. The highest BCUT2D eigenvalue weighted by atomic mass is 16.5. The van der Waals surface area contributed by atoms with Gasteiger partial charge in [-0.15, -0.1) is 0 Å². The minimum atomic E-state index is -0.542. The topological polar surface area (TPSA) is 81.2 Å². The Balaban J connectivity index is 1.74. The lowest BCUT2D eigenvalue weighted by molar-refractivity contribution is 0.0596. The van der Waals surface area contributed by atoms with Gasteiger partial charge in [0.2, 0.25) is 0 Å². The van der Waals surface area contributed by atoms with Crippen molar-refractivity contribution in [3.63, 3.8) is 0 Å². The molecule has 26 heavy (non-hydrogen) atoms. The normalized spacial score (nSPS) is 10.2. The van der Waals surface area contributed by atoms with E-state index < -0.39 is 5.97 Å². The maximum Gasteiger partial charge on any atom is 0.338 e. The van der Waals surface area contributed by atoms with Crippen molar-refractivity contribution in [2.45, 2.75) is 6.54 Å². The van der Waals surface area contributed by atoms with E-state index in [0.29, 0.717) is 6.54 Å². The summed E-state index contributed by atoms with van der Waals surface area (Å²) < 4.78 is 4.72. The Morgan fingerprint density at radius 2 is 1.73 bits per heavy atom. The first-order valence-electron chi connectivity index (χ1n) is 8.00. The molecule has 0 aliphatic heterocycles. The van der Waals surface area contributed by atoms with Gasteiger partial charge in [-0.25, -0.2) is 4.79 Å². The van der Waals surface area contributed by atoms with Crippen molar-refractivity contribution in [3.8, 4) is 11.3 Å². The van der Waals surface area contributed by atoms with Crippen molar-refractivity contribution < 1.29 is 14.3 Å². The molecule has 0 saturated carbocycles. The molecule has 0 atom stereocenters. The molecule has 0 radical (unpaired) electrons. The lowest BCUT2D eigenvalue weighted by Gasteiger charge is -2.09. The van der Waals surface area contributed by atoms with Gasteiger partial charge in [-0.2, -0.15) is 0 Å². The van der Waals surface area contributed by atoms with Gasteiger partial charge in [0, 0.05) is 30.7 Å². The molecule has 0 aliphatic carbocycles. The van der Waals surface area contributed by atoms with Gasteiger partial charge < -0.3 is 10.1 Å². The number of nitrogens with zero attached hydrogens (tertiary/aromatic N) is 2. The zero-order chi connectivity index (χ0) is 18.4. The third kappa shape index (κ3) is 3.92. The van der Waals surface area contributed by atoms with Crippen molar-refractivity contribution in [2.75, 3.05) is 7.11 Å². The molecule has 2 aromatic heterocycles. The van der Waals surface area contributed by atoms with Crippen LogP contribution in [0.4, 0.5) is 0 Å². The Hall–Kier alpha value is -3.54. The molecule has 0 unspecified atom stereocenters. The number of carbonyl (C=O) groups excluding carboxylic acids is 2. The second-order valence-corrected chi connectivity index (χ2v) is 5.51. The lowest BCUT2D eigenvalue weighted by atomic mass is 10.1. The fraction of sp³-hybridized carbons (Fsp3) is 0.100. The number of hydrogen-bond donors (Lipinski definition) is 1. The highest BCUT2D eigenvalue weighted by Gasteiger charge is 2.16. The molecule has 3 aromatic rings. The smallest absolute Gasteiger partial charge is 0.338 e. The van der Waals surface area contributed by atoms with E-state index in [4.69, 9.17) is 4.74 Å². The summed E-state index contributed by atoms with van der Waals surface area (Å²) >= 11 is 0. The van der Waals surface area contributed by atoms with Crippen molar-refractivity contribution in [1.29, 1.82) is 0 Å². The van der Waals surface area contributed by atoms with Gasteiger partial charge in [0.15, 0.2) is 0 Å². The summed E-state index contributed by atoms with van der Waals surface area (Å²) in [5.41, 5.74) is 3.16. The Morgan fingerprint density at radius 1 is 1.00 bits per heavy atom. The number of carbonyl (C=O) groups is 2. The maximum atomic E-state index is 12.5. The monoisotopic (exact) mass is 347 g/mol. The molecular weight excluding hydrogens is 330 g/mol. The van der Waals surface area contributed by atoms with Crippen molar-refractivity contribution in [2.24, 2.45) is 0 Å². The summed E-state index contributed by atoms with van der Waals surface area (Å²) in [6.07, 6.45) is 5.10. The first-order chi connectivity index (χ1) is 12.7. The zero-order valence-corrected chi connectivity index (χ0v) is 14.2. The van der Waals surface area contributed by atoms with E-state index in [1.165, 1.54) is 7.11 Å². The standard InChI is InChI=1S/C20H17N3O3/c1-26-20(25)17-5-3-2-4-16(17)19(24)23-13-14-6-11-22-18(12-14)15-7-9-21-10-8-15/h2-12H,13H2,1H3,(H,23,24). The molecule has 130 valence electrons. The number of amides is 1. The maximum absolute atomic E-state index is 12.5. The number of nitrogens with one attached hydrogen (secondary N) is 1. The Bertz CT molecular complexity index is 926. The predicted octanol–water partition coefficient (Wildman–Crippen LogP) is 2.86.